The zero-order valence-corrected chi connectivity index (χ0v) is 11.2. The molecule has 0 atom stereocenters. The van der Waals surface area contributed by atoms with Crippen LogP contribution in [0.4, 0.5) is 0 Å². The summed E-state index contributed by atoms with van der Waals surface area (Å²) in [6.07, 6.45) is 1.81. The van der Waals surface area contributed by atoms with Gasteiger partial charge in [0.05, 0.1) is 6.61 Å². The first-order valence-electron chi connectivity index (χ1n) is 5.82. The summed E-state index contributed by atoms with van der Waals surface area (Å²) in [5.41, 5.74) is 0.567. The molecule has 0 aromatic rings. The molecule has 0 aliphatic carbocycles. The van der Waals surface area contributed by atoms with Crippen molar-refractivity contribution < 1.29 is 29.6 Å². The summed E-state index contributed by atoms with van der Waals surface area (Å²) < 4.78 is 4.46. The predicted octanol–water partition coefficient (Wildman–Crippen LogP) is 0.888. The van der Waals surface area contributed by atoms with Crippen LogP contribution in [-0.2, 0) is 14.3 Å². The van der Waals surface area contributed by atoms with Crippen molar-refractivity contribution in [3.8, 4) is 0 Å². The fraction of sp³-hybridized carbons (Fsp3) is 0.538. The van der Waals surface area contributed by atoms with Crippen molar-refractivity contribution in [2.24, 2.45) is 0 Å². The number of hydrogen-bond acceptors (Lipinski definition) is 5. The minimum absolute atomic E-state index is 0.0473. The highest BCUT2D eigenvalue weighted by molar-refractivity contribution is 5.86. The molecule has 0 aliphatic heterocycles. The number of carboxylic acids is 1. The fourth-order valence-electron chi connectivity index (χ4n) is 0.819. The number of aliphatic hydroxyl groups is 2. The fourth-order valence-corrected chi connectivity index (χ4v) is 0.819. The molecule has 6 nitrogen and oxygen atoms in total. The van der Waals surface area contributed by atoms with E-state index in [9.17, 15) is 9.59 Å². The summed E-state index contributed by atoms with van der Waals surface area (Å²) in [5, 5.41) is 24.8. The molecule has 110 valence electrons. The molecule has 0 fully saturated rings. The monoisotopic (exact) mass is 274 g/mol. The van der Waals surface area contributed by atoms with Crippen LogP contribution < -0.4 is 0 Å². The van der Waals surface area contributed by atoms with Gasteiger partial charge in [-0.15, -0.1) is 0 Å². The number of aliphatic carboxylic acids is 1. The van der Waals surface area contributed by atoms with E-state index in [0.717, 1.165) is 0 Å². The Morgan fingerprint density at radius 1 is 1.11 bits per heavy atom. The van der Waals surface area contributed by atoms with Gasteiger partial charge in [0, 0.05) is 17.8 Å². The molecule has 0 spiro atoms. The minimum Gasteiger partial charge on any atom is -0.478 e. The molecule has 0 unspecified atom stereocenters. The van der Waals surface area contributed by atoms with Crippen molar-refractivity contribution in [1.29, 1.82) is 0 Å². The number of aliphatic hydroxyl groups excluding tert-OH is 2. The van der Waals surface area contributed by atoms with Crippen LogP contribution in [0, 0.1) is 0 Å². The van der Waals surface area contributed by atoms with Gasteiger partial charge < -0.3 is 20.1 Å². The van der Waals surface area contributed by atoms with Crippen molar-refractivity contribution in [3.05, 3.63) is 24.3 Å². The molecule has 0 saturated carbocycles. The SMILES string of the molecule is C=C(C)C(=O)OCCO.C=C(CCCCO)C(=O)O. The van der Waals surface area contributed by atoms with Crippen LogP contribution in [0.1, 0.15) is 26.2 Å². The van der Waals surface area contributed by atoms with E-state index in [0.29, 0.717) is 24.8 Å². The number of carbonyl (C=O) groups excluding carboxylic acids is 1. The first-order chi connectivity index (χ1) is 8.86. The van der Waals surface area contributed by atoms with E-state index in [1.807, 2.05) is 0 Å². The lowest BCUT2D eigenvalue weighted by atomic mass is 10.1. The van der Waals surface area contributed by atoms with Crippen LogP contribution in [0.15, 0.2) is 24.3 Å². The van der Waals surface area contributed by atoms with Crippen molar-refractivity contribution in [3.63, 3.8) is 0 Å². The third-order valence-electron chi connectivity index (χ3n) is 1.86. The van der Waals surface area contributed by atoms with Gasteiger partial charge in [-0.1, -0.05) is 13.2 Å². The quantitative estimate of drug-likeness (QED) is 0.345. The van der Waals surface area contributed by atoms with Gasteiger partial charge in [0.15, 0.2) is 0 Å². The van der Waals surface area contributed by atoms with Crippen molar-refractivity contribution >= 4 is 11.9 Å². The molecule has 0 saturated heterocycles. The second-order valence-electron chi connectivity index (χ2n) is 3.73. The highest BCUT2D eigenvalue weighted by Gasteiger charge is 2.01. The molecular formula is C13H22O6. The molecule has 0 heterocycles. The number of unbranched alkanes of at least 4 members (excludes halogenated alkanes) is 1. The molecular weight excluding hydrogens is 252 g/mol. The number of ether oxygens (including phenoxy) is 1. The van der Waals surface area contributed by atoms with Gasteiger partial charge in [-0.25, -0.2) is 9.59 Å². The second-order valence-corrected chi connectivity index (χ2v) is 3.73. The van der Waals surface area contributed by atoms with Crippen molar-refractivity contribution in [2.75, 3.05) is 19.8 Å². The topological polar surface area (TPSA) is 104 Å². The van der Waals surface area contributed by atoms with Gasteiger partial charge in [0.25, 0.3) is 0 Å². The molecule has 0 amide bonds. The van der Waals surface area contributed by atoms with Crippen LogP contribution >= 0.6 is 0 Å². The summed E-state index contributed by atoms with van der Waals surface area (Å²) in [7, 11) is 0. The Hall–Kier alpha value is -1.66. The Morgan fingerprint density at radius 2 is 1.68 bits per heavy atom. The lowest BCUT2D eigenvalue weighted by molar-refractivity contribution is -0.140. The van der Waals surface area contributed by atoms with Gasteiger partial charge in [-0.05, 0) is 26.2 Å². The van der Waals surface area contributed by atoms with Crippen LogP contribution in [-0.4, -0.2) is 47.1 Å². The number of esters is 1. The van der Waals surface area contributed by atoms with E-state index in [-0.39, 0.29) is 25.4 Å². The zero-order chi connectivity index (χ0) is 15.3. The molecule has 0 aromatic carbocycles. The van der Waals surface area contributed by atoms with E-state index in [1.54, 1.807) is 6.92 Å². The molecule has 0 aliphatic rings. The molecule has 0 rings (SSSR count). The summed E-state index contributed by atoms with van der Waals surface area (Å²) in [6, 6.07) is 0. The van der Waals surface area contributed by atoms with Gasteiger partial charge >= 0.3 is 11.9 Å². The predicted molar refractivity (Wildman–Crippen MR) is 70.6 cm³/mol. The lowest BCUT2D eigenvalue weighted by Crippen LogP contribution is -2.08. The average Bonchev–Trinajstić information content (AvgIpc) is 2.36. The van der Waals surface area contributed by atoms with Gasteiger partial charge in [-0.3, -0.25) is 0 Å². The highest BCUT2D eigenvalue weighted by Crippen LogP contribution is 2.03. The zero-order valence-electron chi connectivity index (χ0n) is 11.2. The Labute approximate surface area is 113 Å². The maximum Gasteiger partial charge on any atom is 0.333 e. The normalized spacial score (nSPS) is 9.00. The number of hydrogen-bond donors (Lipinski definition) is 3. The van der Waals surface area contributed by atoms with Crippen LogP contribution in [0.25, 0.3) is 0 Å². The van der Waals surface area contributed by atoms with Crippen LogP contribution in [0.2, 0.25) is 0 Å². The van der Waals surface area contributed by atoms with Crippen molar-refractivity contribution in [2.45, 2.75) is 26.2 Å². The third kappa shape index (κ3) is 14.3. The smallest absolute Gasteiger partial charge is 0.333 e. The lowest BCUT2D eigenvalue weighted by Gasteiger charge is -1.99. The van der Waals surface area contributed by atoms with E-state index >= 15 is 0 Å². The number of rotatable bonds is 8. The summed E-state index contributed by atoms with van der Waals surface area (Å²) in [5.74, 6) is -1.40. The van der Waals surface area contributed by atoms with E-state index in [1.165, 1.54) is 0 Å². The summed E-state index contributed by atoms with van der Waals surface area (Å²) >= 11 is 0. The van der Waals surface area contributed by atoms with Gasteiger partial charge in [0.2, 0.25) is 0 Å². The maximum absolute atomic E-state index is 10.5. The van der Waals surface area contributed by atoms with Crippen LogP contribution in [0.3, 0.4) is 0 Å². The van der Waals surface area contributed by atoms with E-state index in [4.69, 9.17) is 15.3 Å². The molecule has 19 heavy (non-hydrogen) atoms. The standard InChI is InChI=1S/C7H12O3.C6H10O3/c1-6(7(9)10)4-2-3-5-8;1-5(2)6(8)9-4-3-7/h8H,1-5H2,(H,9,10);7H,1,3-4H2,2H3. The Morgan fingerprint density at radius 3 is 2.05 bits per heavy atom. The highest BCUT2D eigenvalue weighted by atomic mass is 16.5. The van der Waals surface area contributed by atoms with E-state index in [2.05, 4.69) is 17.9 Å². The van der Waals surface area contributed by atoms with E-state index < -0.39 is 11.9 Å². The summed E-state index contributed by atoms with van der Waals surface area (Å²) in [4.78, 5) is 20.6. The molecule has 6 heteroatoms. The van der Waals surface area contributed by atoms with Gasteiger partial charge in [-0.2, -0.15) is 0 Å². The molecule has 0 bridgehead atoms. The van der Waals surface area contributed by atoms with Gasteiger partial charge in [0.1, 0.15) is 6.61 Å². The Bertz CT molecular complexity index is 308. The largest absolute Gasteiger partial charge is 0.478 e. The molecule has 0 radical (unpaired) electrons. The maximum atomic E-state index is 10.5. The Balaban J connectivity index is 0. The summed E-state index contributed by atoms with van der Waals surface area (Å²) in [6.45, 7) is 8.28. The van der Waals surface area contributed by atoms with Crippen LogP contribution in [0.5, 0.6) is 0 Å². The number of carbonyl (C=O) groups is 2. The van der Waals surface area contributed by atoms with Crippen molar-refractivity contribution in [1.82, 2.24) is 0 Å². The minimum atomic E-state index is -0.946. The molecule has 0 aromatic heterocycles. The first kappa shape index (κ1) is 19.7. The Kier molecular flexibility index (Phi) is 13.2. The third-order valence-corrected chi connectivity index (χ3v) is 1.86. The first-order valence-corrected chi connectivity index (χ1v) is 5.82. The molecule has 3 N–H and O–H groups in total. The average molecular weight is 274 g/mol. The second kappa shape index (κ2) is 12.8. The number of carboxylic acid groups (broad SMARTS) is 1.